The molecule has 3 nitrogen and oxygen atoms in total. The molecule has 0 aromatic heterocycles. The first-order valence-corrected chi connectivity index (χ1v) is 6.19. The van der Waals surface area contributed by atoms with Crippen molar-refractivity contribution in [3.63, 3.8) is 0 Å². The first kappa shape index (κ1) is 12.9. The van der Waals surface area contributed by atoms with Gasteiger partial charge in [0.05, 0.1) is 0 Å². The Bertz CT molecular complexity index is 163. The fourth-order valence-electron chi connectivity index (χ4n) is 2.03. The lowest BCUT2D eigenvalue weighted by atomic mass is 9.89. The Morgan fingerprint density at radius 1 is 1.33 bits per heavy atom. The number of rotatable bonds is 5. The van der Waals surface area contributed by atoms with Gasteiger partial charge in [-0.3, -0.25) is 0 Å². The third-order valence-electron chi connectivity index (χ3n) is 3.23. The monoisotopic (exact) mass is 214 g/mol. The minimum atomic E-state index is 0.217. The molecule has 1 aliphatic rings. The Morgan fingerprint density at radius 3 is 2.87 bits per heavy atom. The van der Waals surface area contributed by atoms with Crippen molar-refractivity contribution in [2.24, 2.45) is 5.41 Å². The molecule has 0 bridgehead atoms. The molecule has 3 N–H and O–H groups in total. The zero-order valence-electron chi connectivity index (χ0n) is 10.2. The van der Waals surface area contributed by atoms with E-state index in [9.17, 15) is 0 Å². The van der Waals surface area contributed by atoms with Gasteiger partial charge in [-0.25, -0.2) is 0 Å². The first-order valence-electron chi connectivity index (χ1n) is 6.19. The van der Waals surface area contributed by atoms with Crippen LogP contribution in [0.2, 0.25) is 0 Å². The number of aliphatic hydroxyl groups is 1. The molecule has 90 valence electrons. The summed E-state index contributed by atoms with van der Waals surface area (Å²) in [7, 11) is 0. The lowest BCUT2D eigenvalue weighted by Gasteiger charge is -2.27. The van der Waals surface area contributed by atoms with Crippen LogP contribution in [0.4, 0.5) is 0 Å². The van der Waals surface area contributed by atoms with Gasteiger partial charge in [0.25, 0.3) is 0 Å². The highest BCUT2D eigenvalue weighted by molar-refractivity contribution is 4.77. The van der Waals surface area contributed by atoms with Gasteiger partial charge in [0.2, 0.25) is 0 Å². The third-order valence-corrected chi connectivity index (χ3v) is 3.23. The highest BCUT2D eigenvalue weighted by atomic mass is 16.3. The molecular weight excluding hydrogens is 188 g/mol. The average Bonchev–Trinajstić information content (AvgIpc) is 2.43. The number of hydrogen-bond donors (Lipinski definition) is 3. The lowest BCUT2D eigenvalue weighted by Crippen LogP contribution is -2.37. The molecule has 0 radical (unpaired) electrons. The fraction of sp³-hybridized carbons (Fsp3) is 1.00. The average molecular weight is 214 g/mol. The molecule has 3 heteroatoms. The molecule has 0 saturated carbocycles. The van der Waals surface area contributed by atoms with E-state index in [4.69, 9.17) is 5.11 Å². The summed E-state index contributed by atoms with van der Waals surface area (Å²) in [5.41, 5.74) is 0.217. The molecule has 0 aromatic rings. The zero-order valence-corrected chi connectivity index (χ0v) is 10.2. The standard InChI is InChI=1S/C12H26N2O/c1-12(2,6-9-15)10-14-11-4-3-7-13-8-5-11/h11,13-15H,3-10H2,1-2H3. The highest BCUT2D eigenvalue weighted by Gasteiger charge is 2.19. The van der Waals surface area contributed by atoms with E-state index in [0.717, 1.165) is 26.1 Å². The van der Waals surface area contributed by atoms with Crippen LogP contribution in [0, 0.1) is 5.41 Å². The van der Waals surface area contributed by atoms with Crippen LogP contribution in [0.1, 0.15) is 39.5 Å². The van der Waals surface area contributed by atoms with Gasteiger partial charge in [-0.15, -0.1) is 0 Å². The van der Waals surface area contributed by atoms with Crippen LogP contribution in [0.3, 0.4) is 0 Å². The van der Waals surface area contributed by atoms with Crippen LogP contribution >= 0.6 is 0 Å². The summed E-state index contributed by atoms with van der Waals surface area (Å²) in [6.45, 7) is 8.03. The Morgan fingerprint density at radius 2 is 2.13 bits per heavy atom. The highest BCUT2D eigenvalue weighted by Crippen LogP contribution is 2.19. The van der Waals surface area contributed by atoms with Crippen molar-refractivity contribution < 1.29 is 5.11 Å². The van der Waals surface area contributed by atoms with Gasteiger partial charge in [0.15, 0.2) is 0 Å². The molecule has 1 unspecified atom stereocenters. The molecule has 15 heavy (non-hydrogen) atoms. The molecule has 1 heterocycles. The molecule has 0 aliphatic carbocycles. The second kappa shape index (κ2) is 6.46. The fourth-order valence-corrected chi connectivity index (χ4v) is 2.03. The van der Waals surface area contributed by atoms with Gasteiger partial charge in [-0.2, -0.15) is 0 Å². The third kappa shape index (κ3) is 5.50. The normalized spacial score (nSPS) is 23.8. The maximum absolute atomic E-state index is 8.95. The van der Waals surface area contributed by atoms with Crippen LogP contribution in [-0.4, -0.2) is 37.4 Å². The van der Waals surface area contributed by atoms with E-state index in [1.165, 1.54) is 19.3 Å². The smallest absolute Gasteiger partial charge is 0.0436 e. The van der Waals surface area contributed by atoms with Crippen LogP contribution in [0.15, 0.2) is 0 Å². The van der Waals surface area contributed by atoms with E-state index in [0.29, 0.717) is 12.6 Å². The Hall–Kier alpha value is -0.120. The minimum absolute atomic E-state index is 0.217. The summed E-state index contributed by atoms with van der Waals surface area (Å²) in [5, 5.41) is 16.0. The first-order chi connectivity index (χ1) is 7.14. The van der Waals surface area contributed by atoms with Gasteiger partial charge in [-0.05, 0) is 44.2 Å². The van der Waals surface area contributed by atoms with Crippen LogP contribution < -0.4 is 10.6 Å². The molecule has 1 fully saturated rings. The van der Waals surface area contributed by atoms with E-state index >= 15 is 0 Å². The maximum atomic E-state index is 8.95. The summed E-state index contributed by atoms with van der Waals surface area (Å²) >= 11 is 0. The van der Waals surface area contributed by atoms with E-state index in [-0.39, 0.29) is 5.41 Å². The van der Waals surface area contributed by atoms with E-state index in [1.54, 1.807) is 0 Å². The molecule has 1 aliphatic heterocycles. The van der Waals surface area contributed by atoms with Crippen molar-refractivity contribution in [3.8, 4) is 0 Å². The summed E-state index contributed by atoms with van der Waals surface area (Å²) in [5.74, 6) is 0. The van der Waals surface area contributed by atoms with E-state index < -0.39 is 0 Å². The number of aliphatic hydroxyl groups excluding tert-OH is 1. The van der Waals surface area contributed by atoms with Crippen LogP contribution in [0.5, 0.6) is 0 Å². The van der Waals surface area contributed by atoms with Gasteiger partial charge < -0.3 is 15.7 Å². The summed E-state index contributed by atoms with van der Waals surface area (Å²) in [4.78, 5) is 0. The Labute approximate surface area is 93.6 Å². The summed E-state index contributed by atoms with van der Waals surface area (Å²) < 4.78 is 0. The van der Waals surface area contributed by atoms with Crippen molar-refractivity contribution >= 4 is 0 Å². The molecule has 0 amide bonds. The van der Waals surface area contributed by atoms with E-state index in [1.807, 2.05) is 0 Å². The largest absolute Gasteiger partial charge is 0.396 e. The number of nitrogens with one attached hydrogen (secondary N) is 2. The quantitative estimate of drug-likeness (QED) is 0.643. The van der Waals surface area contributed by atoms with Gasteiger partial charge in [0, 0.05) is 19.2 Å². The van der Waals surface area contributed by atoms with Crippen molar-refractivity contribution in [2.75, 3.05) is 26.2 Å². The topological polar surface area (TPSA) is 44.3 Å². The van der Waals surface area contributed by atoms with Gasteiger partial charge in [0.1, 0.15) is 0 Å². The minimum Gasteiger partial charge on any atom is -0.396 e. The van der Waals surface area contributed by atoms with Crippen molar-refractivity contribution in [2.45, 2.75) is 45.6 Å². The molecule has 1 saturated heterocycles. The molecule has 1 atom stereocenters. The zero-order chi connectivity index (χ0) is 11.1. The maximum Gasteiger partial charge on any atom is 0.0436 e. The number of hydrogen-bond acceptors (Lipinski definition) is 3. The predicted molar refractivity (Wildman–Crippen MR) is 64.0 cm³/mol. The Balaban J connectivity index is 2.22. The van der Waals surface area contributed by atoms with Gasteiger partial charge in [-0.1, -0.05) is 13.8 Å². The molecular formula is C12H26N2O. The second-order valence-electron chi connectivity index (χ2n) is 5.40. The molecule has 0 spiro atoms. The SMILES string of the molecule is CC(C)(CCO)CNC1CCCNCC1. The van der Waals surface area contributed by atoms with Crippen molar-refractivity contribution in [3.05, 3.63) is 0 Å². The van der Waals surface area contributed by atoms with Crippen molar-refractivity contribution in [1.82, 2.24) is 10.6 Å². The molecule has 1 rings (SSSR count). The van der Waals surface area contributed by atoms with Gasteiger partial charge >= 0.3 is 0 Å². The molecule has 0 aromatic carbocycles. The van der Waals surface area contributed by atoms with Crippen LogP contribution in [0.25, 0.3) is 0 Å². The van der Waals surface area contributed by atoms with E-state index in [2.05, 4.69) is 24.5 Å². The summed E-state index contributed by atoms with van der Waals surface area (Å²) in [6.07, 6.45) is 4.67. The summed E-state index contributed by atoms with van der Waals surface area (Å²) in [6, 6.07) is 0.665. The van der Waals surface area contributed by atoms with Crippen LogP contribution in [-0.2, 0) is 0 Å². The second-order valence-corrected chi connectivity index (χ2v) is 5.40. The van der Waals surface area contributed by atoms with Crippen molar-refractivity contribution in [1.29, 1.82) is 0 Å². The Kier molecular flexibility index (Phi) is 5.58. The predicted octanol–water partition coefficient (Wildman–Crippen LogP) is 1.13. The lowest BCUT2D eigenvalue weighted by molar-refractivity contribution is 0.201.